The second-order valence-electron chi connectivity index (χ2n) is 5.18. The summed E-state index contributed by atoms with van der Waals surface area (Å²) in [6.45, 7) is 4.47. The minimum absolute atomic E-state index is 0.0566. The van der Waals surface area contributed by atoms with Crippen LogP contribution in [0.2, 0.25) is 0 Å². The van der Waals surface area contributed by atoms with E-state index in [4.69, 9.17) is 0 Å². The lowest BCUT2D eigenvalue weighted by atomic mass is 9.91. The zero-order chi connectivity index (χ0) is 12.9. The van der Waals surface area contributed by atoms with E-state index in [-0.39, 0.29) is 6.04 Å². The lowest BCUT2D eigenvalue weighted by molar-refractivity contribution is 0.348. The molecule has 102 valence electrons. The van der Waals surface area contributed by atoms with Crippen molar-refractivity contribution >= 4 is 26.0 Å². The van der Waals surface area contributed by atoms with Crippen molar-refractivity contribution in [1.29, 1.82) is 0 Å². The molecule has 1 fully saturated rings. The van der Waals surface area contributed by atoms with E-state index in [0.717, 1.165) is 12.8 Å². The summed E-state index contributed by atoms with van der Waals surface area (Å²) < 4.78 is 26.3. The Kier molecular flexibility index (Phi) is 6.45. The summed E-state index contributed by atoms with van der Waals surface area (Å²) in [5.41, 5.74) is 0. The molecule has 0 radical (unpaired) electrons. The Morgan fingerprint density at radius 1 is 1.24 bits per heavy atom. The highest BCUT2D eigenvalue weighted by atomic mass is 79.9. The second-order valence-corrected chi connectivity index (χ2v) is 7.94. The molecule has 17 heavy (non-hydrogen) atoms. The molecular weight excluding hydrogens is 302 g/mol. The highest BCUT2D eigenvalue weighted by molar-refractivity contribution is 9.09. The van der Waals surface area contributed by atoms with Crippen LogP contribution in [0.1, 0.15) is 46.0 Å². The first-order chi connectivity index (χ1) is 7.97. The van der Waals surface area contributed by atoms with Crippen LogP contribution in [0.25, 0.3) is 0 Å². The Labute approximate surface area is 114 Å². The molecule has 1 aliphatic carbocycles. The van der Waals surface area contributed by atoms with Crippen molar-refractivity contribution < 1.29 is 8.42 Å². The summed E-state index contributed by atoms with van der Waals surface area (Å²) in [5.74, 6) is 0.725. The van der Waals surface area contributed by atoms with Gasteiger partial charge in [0.15, 0.2) is 0 Å². The second kappa shape index (κ2) is 7.10. The minimum Gasteiger partial charge on any atom is -0.212 e. The highest BCUT2D eigenvalue weighted by Crippen LogP contribution is 2.26. The van der Waals surface area contributed by atoms with Crippen molar-refractivity contribution in [2.45, 2.75) is 52.0 Å². The average Bonchev–Trinajstić information content (AvgIpc) is 2.26. The average molecular weight is 326 g/mol. The molecule has 0 heterocycles. The number of hydrogen-bond acceptors (Lipinski definition) is 2. The quantitative estimate of drug-likeness (QED) is 0.704. The molecule has 5 heteroatoms. The van der Waals surface area contributed by atoms with E-state index in [1.807, 2.05) is 13.8 Å². The van der Waals surface area contributed by atoms with Gasteiger partial charge >= 0.3 is 0 Å². The molecule has 0 N–H and O–H groups in total. The maximum absolute atomic E-state index is 12.3. The third-order valence-corrected chi connectivity index (χ3v) is 5.98. The molecule has 1 saturated carbocycles. The molecule has 0 unspecified atom stereocenters. The smallest absolute Gasteiger partial charge is 0.212 e. The Bertz CT molecular complexity index is 310. The number of sulfonamides is 1. The van der Waals surface area contributed by atoms with Gasteiger partial charge in [-0.15, -0.1) is 0 Å². The molecule has 1 aliphatic rings. The van der Waals surface area contributed by atoms with Gasteiger partial charge in [0.2, 0.25) is 10.0 Å². The predicted molar refractivity (Wildman–Crippen MR) is 76.0 cm³/mol. The van der Waals surface area contributed by atoms with E-state index in [1.165, 1.54) is 19.3 Å². The topological polar surface area (TPSA) is 37.4 Å². The molecule has 0 amide bonds. The third-order valence-electron chi connectivity index (χ3n) is 3.41. The summed E-state index contributed by atoms with van der Waals surface area (Å²) >= 11 is 3.33. The van der Waals surface area contributed by atoms with Gasteiger partial charge in [-0.25, -0.2) is 8.42 Å². The lowest BCUT2D eigenvalue weighted by Crippen LogP contribution is -2.41. The maximum atomic E-state index is 12.3. The molecule has 0 bridgehead atoms. The molecule has 0 aromatic rings. The first-order valence-electron chi connectivity index (χ1n) is 6.53. The van der Waals surface area contributed by atoms with Crippen molar-refractivity contribution in [1.82, 2.24) is 4.31 Å². The maximum Gasteiger partial charge on any atom is 0.214 e. The van der Waals surface area contributed by atoms with E-state index < -0.39 is 10.0 Å². The Balaban J connectivity index is 2.63. The van der Waals surface area contributed by atoms with E-state index in [9.17, 15) is 8.42 Å². The summed E-state index contributed by atoms with van der Waals surface area (Å²) in [6, 6.07) is 0.0566. The number of rotatable bonds is 6. The van der Waals surface area contributed by atoms with E-state index in [1.54, 1.807) is 4.31 Å². The number of nitrogens with zero attached hydrogens (tertiary/aromatic N) is 1. The number of hydrogen-bond donors (Lipinski definition) is 0. The third kappa shape index (κ3) is 4.87. The summed E-state index contributed by atoms with van der Waals surface area (Å²) in [7, 11) is -3.08. The van der Waals surface area contributed by atoms with Crippen molar-refractivity contribution in [3.05, 3.63) is 0 Å². The fraction of sp³-hybridized carbons (Fsp3) is 1.00. The van der Waals surface area contributed by atoms with Gasteiger partial charge in [0.05, 0.1) is 5.75 Å². The Hall–Kier alpha value is 0.390. The van der Waals surface area contributed by atoms with Crippen molar-refractivity contribution in [2.75, 3.05) is 17.6 Å². The predicted octanol–water partition coefficient (Wildman–Crippen LogP) is 3.00. The van der Waals surface area contributed by atoms with Crippen LogP contribution in [0.4, 0.5) is 0 Å². The van der Waals surface area contributed by atoms with E-state index in [2.05, 4.69) is 15.9 Å². The van der Waals surface area contributed by atoms with Gasteiger partial charge in [0.25, 0.3) is 0 Å². The molecule has 0 spiro atoms. The van der Waals surface area contributed by atoms with E-state index in [0.29, 0.717) is 23.5 Å². The Morgan fingerprint density at radius 2 is 1.82 bits per heavy atom. The SMILES string of the molecule is CC(C)N(CCBr)S(=O)(=O)CC1CCCCC1. The van der Waals surface area contributed by atoms with Crippen LogP contribution >= 0.6 is 15.9 Å². The number of alkyl halides is 1. The van der Waals surface area contributed by atoms with Crippen LogP contribution in [-0.4, -0.2) is 36.4 Å². The molecular formula is C12H24BrNO2S. The van der Waals surface area contributed by atoms with Gasteiger partial charge in [-0.2, -0.15) is 4.31 Å². The summed E-state index contributed by atoms with van der Waals surface area (Å²) in [5, 5.41) is 0.703. The zero-order valence-corrected chi connectivity index (χ0v) is 13.3. The number of halogens is 1. The monoisotopic (exact) mass is 325 g/mol. The highest BCUT2D eigenvalue weighted by Gasteiger charge is 2.28. The molecule has 0 saturated heterocycles. The molecule has 0 aliphatic heterocycles. The minimum atomic E-state index is -3.08. The standard InChI is InChI=1S/C12H24BrNO2S/c1-11(2)14(9-8-13)17(15,16)10-12-6-4-3-5-7-12/h11-12H,3-10H2,1-2H3. The van der Waals surface area contributed by atoms with Crippen LogP contribution in [0.3, 0.4) is 0 Å². The van der Waals surface area contributed by atoms with Gasteiger partial charge in [-0.05, 0) is 32.6 Å². The van der Waals surface area contributed by atoms with Crippen LogP contribution in [0.5, 0.6) is 0 Å². The van der Waals surface area contributed by atoms with Crippen molar-refractivity contribution in [2.24, 2.45) is 5.92 Å². The summed E-state index contributed by atoms with van der Waals surface area (Å²) in [4.78, 5) is 0. The van der Waals surface area contributed by atoms with E-state index >= 15 is 0 Å². The van der Waals surface area contributed by atoms with Crippen LogP contribution in [0.15, 0.2) is 0 Å². The van der Waals surface area contributed by atoms with Crippen molar-refractivity contribution in [3.63, 3.8) is 0 Å². The van der Waals surface area contributed by atoms with Crippen LogP contribution in [0, 0.1) is 5.92 Å². The lowest BCUT2D eigenvalue weighted by Gasteiger charge is -2.29. The summed E-state index contributed by atoms with van der Waals surface area (Å²) in [6.07, 6.45) is 5.82. The van der Waals surface area contributed by atoms with Crippen molar-refractivity contribution in [3.8, 4) is 0 Å². The zero-order valence-electron chi connectivity index (χ0n) is 10.9. The molecule has 3 nitrogen and oxygen atoms in total. The Morgan fingerprint density at radius 3 is 2.29 bits per heavy atom. The molecule has 1 rings (SSSR count). The van der Waals surface area contributed by atoms with Gasteiger partial charge in [0, 0.05) is 17.9 Å². The normalized spacial score (nSPS) is 19.1. The van der Waals surface area contributed by atoms with Gasteiger partial charge < -0.3 is 0 Å². The van der Waals surface area contributed by atoms with Gasteiger partial charge in [0.1, 0.15) is 0 Å². The fourth-order valence-corrected chi connectivity index (χ4v) is 5.30. The largest absolute Gasteiger partial charge is 0.214 e. The van der Waals surface area contributed by atoms with Crippen LogP contribution < -0.4 is 0 Å². The molecule has 0 aromatic carbocycles. The fourth-order valence-electron chi connectivity index (χ4n) is 2.55. The first kappa shape index (κ1) is 15.4. The van der Waals surface area contributed by atoms with Gasteiger partial charge in [-0.1, -0.05) is 35.2 Å². The molecule has 0 atom stereocenters. The first-order valence-corrected chi connectivity index (χ1v) is 9.26. The van der Waals surface area contributed by atoms with Crippen LogP contribution in [-0.2, 0) is 10.0 Å². The molecule has 0 aromatic heterocycles. The van der Waals surface area contributed by atoms with Gasteiger partial charge in [-0.3, -0.25) is 0 Å².